The van der Waals surface area contributed by atoms with E-state index in [4.69, 9.17) is 19.0 Å². The number of ether oxygens (including phenoxy) is 2. The maximum absolute atomic E-state index is 11.0. The zero-order valence-electron chi connectivity index (χ0n) is 19.0. The van der Waals surface area contributed by atoms with Crippen molar-refractivity contribution < 1.29 is 23.8 Å². The highest BCUT2D eigenvalue weighted by Gasteiger charge is 2.24. The molecule has 0 saturated heterocycles. The molecule has 0 atom stereocenters. The number of carboxylic acid groups (broad SMARTS) is 1. The number of nitrogens with zero attached hydrogens (tertiary/aromatic N) is 3. The largest absolute Gasteiger partial charge is 0.486 e. The van der Waals surface area contributed by atoms with Crippen LogP contribution in [0.3, 0.4) is 0 Å². The van der Waals surface area contributed by atoms with Crippen molar-refractivity contribution in [3.8, 4) is 23.2 Å². The minimum atomic E-state index is -0.704. The van der Waals surface area contributed by atoms with Crippen LogP contribution in [0.5, 0.6) is 11.5 Å². The number of anilines is 2. The lowest BCUT2D eigenvalue weighted by Gasteiger charge is -2.27. The lowest BCUT2D eigenvalue weighted by Crippen LogP contribution is -2.16. The number of hydrogen-bond donors (Lipinski definition) is 3. The van der Waals surface area contributed by atoms with E-state index in [2.05, 4.69) is 37.6 Å². The zero-order valence-corrected chi connectivity index (χ0v) is 19.0. The van der Waals surface area contributed by atoms with E-state index >= 15 is 0 Å². The topological polar surface area (TPSA) is 135 Å². The Morgan fingerprint density at radius 2 is 1.86 bits per heavy atom. The van der Waals surface area contributed by atoms with Crippen molar-refractivity contribution >= 4 is 28.7 Å². The molecule has 6 rings (SSSR count). The molecule has 1 aliphatic heterocycles. The van der Waals surface area contributed by atoms with E-state index in [0.717, 1.165) is 42.4 Å². The number of benzene rings is 2. The fourth-order valence-corrected chi connectivity index (χ4v) is 4.94. The highest BCUT2D eigenvalue weighted by atomic mass is 16.6. The fraction of sp³-hybridized carbons (Fsp3) is 0.360. The number of nitrogens with one attached hydrogen (secondary N) is 2. The van der Waals surface area contributed by atoms with E-state index in [0.29, 0.717) is 36.5 Å². The summed E-state index contributed by atoms with van der Waals surface area (Å²) in [6.45, 7) is 1.06. The molecule has 1 saturated carbocycles. The second-order valence-electron chi connectivity index (χ2n) is 9.07. The molecule has 2 aromatic heterocycles. The molecule has 180 valence electrons. The first-order chi connectivity index (χ1) is 17.1. The molecule has 10 nitrogen and oxygen atoms in total. The van der Waals surface area contributed by atoms with Gasteiger partial charge < -0.3 is 29.3 Å². The summed E-state index contributed by atoms with van der Waals surface area (Å²) in [6, 6.07) is 12.0. The first-order valence-electron chi connectivity index (χ1n) is 11.8. The number of aromatic amines is 1. The highest BCUT2D eigenvalue weighted by Crippen LogP contribution is 2.38. The maximum Gasteiger partial charge on any atom is 0.320 e. The van der Waals surface area contributed by atoms with E-state index in [9.17, 15) is 4.79 Å². The normalized spacial score (nSPS) is 19.5. The van der Waals surface area contributed by atoms with E-state index in [1.807, 2.05) is 24.3 Å². The molecule has 35 heavy (non-hydrogen) atoms. The molecule has 1 fully saturated rings. The third kappa shape index (κ3) is 4.51. The zero-order chi connectivity index (χ0) is 23.8. The lowest BCUT2D eigenvalue weighted by atomic mass is 9.77. The molecule has 1 aliphatic carbocycles. The van der Waals surface area contributed by atoms with E-state index in [1.54, 1.807) is 0 Å². The second kappa shape index (κ2) is 8.94. The van der Waals surface area contributed by atoms with Gasteiger partial charge in [0.1, 0.15) is 13.2 Å². The molecular weight excluding hydrogens is 450 g/mol. The van der Waals surface area contributed by atoms with Crippen molar-refractivity contribution in [3.05, 3.63) is 42.0 Å². The Kier molecular flexibility index (Phi) is 5.48. The third-order valence-corrected chi connectivity index (χ3v) is 6.71. The Balaban J connectivity index is 1.16. The summed E-state index contributed by atoms with van der Waals surface area (Å²) in [5, 5.41) is 20.3. The van der Waals surface area contributed by atoms with Gasteiger partial charge in [0.05, 0.1) is 11.0 Å². The van der Waals surface area contributed by atoms with Crippen molar-refractivity contribution in [1.82, 2.24) is 20.2 Å². The maximum atomic E-state index is 11.0. The molecule has 10 heteroatoms. The summed E-state index contributed by atoms with van der Waals surface area (Å²) in [4.78, 5) is 18.9. The van der Waals surface area contributed by atoms with Crippen molar-refractivity contribution in [2.75, 3.05) is 18.5 Å². The van der Waals surface area contributed by atoms with Crippen LogP contribution in [0.25, 0.3) is 22.7 Å². The molecule has 0 amide bonds. The van der Waals surface area contributed by atoms with Gasteiger partial charge in [-0.1, -0.05) is 11.2 Å². The quantitative estimate of drug-likeness (QED) is 0.356. The van der Waals surface area contributed by atoms with Crippen molar-refractivity contribution in [3.63, 3.8) is 0 Å². The summed E-state index contributed by atoms with van der Waals surface area (Å²) < 4.78 is 17.0. The number of fused-ring (bicyclic) bond motifs is 2. The molecule has 3 heterocycles. The SMILES string of the molecule is O=C(O)CC1CCC(c2ccc3[nH]c(-c4nnc(Nc5ccc6c(c5)OCCO6)o4)nc3c2)CC1. The molecule has 2 aromatic carbocycles. The predicted molar refractivity (Wildman–Crippen MR) is 127 cm³/mol. The first kappa shape index (κ1) is 21.5. The Bertz CT molecular complexity index is 1370. The molecule has 2 aliphatic rings. The summed E-state index contributed by atoms with van der Waals surface area (Å²) in [5.74, 6) is 2.18. The molecule has 4 aromatic rings. The number of carboxylic acids is 1. The van der Waals surface area contributed by atoms with Gasteiger partial charge in [-0.25, -0.2) is 4.98 Å². The van der Waals surface area contributed by atoms with Crippen LogP contribution in [0, 0.1) is 5.92 Å². The summed E-state index contributed by atoms with van der Waals surface area (Å²) in [6.07, 6.45) is 4.16. The van der Waals surface area contributed by atoms with Gasteiger partial charge in [-0.15, -0.1) is 5.10 Å². The smallest absolute Gasteiger partial charge is 0.320 e. The van der Waals surface area contributed by atoms with Crippen LogP contribution >= 0.6 is 0 Å². The summed E-state index contributed by atoms with van der Waals surface area (Å²) >= 11 is 0. The van der Waals surface area contributed by atoms with Gasteiger partial charge in [0.25, 0.3) is 5.89 Å². The molecule has 0 radical (unpaired) electrons. The first-order valence-corrected chi connectivity index (χ1v) is 11.8. The molecule has 3 N–H and O–H groups in total. The Morgan fingerprint density at radius 1 is 1.03 bits per heavy atom. The number of hydrogen-bond acceptors (Lipinski definition) is 8. The van der Waals surface area contributed by atoms with Crippen LogP contribution in [0.1, 0.15) is 43.6 Å². The third-order valence-electron chi connectivity index (χ3n) is 6.71. The Morgan fingerprint density at radius 3 is 2.69 bits per heavy atom. The van der Waals surface area contributed by atoms with E-state index in [1.165, 1.54) is 5.56 Å². The van der Waals surface area contributed by atoms with Gasteiger partial charge in [-0.05, 0) is 67.3 Å². The highest BCUT2D eigenvalue weighted by molar-refractivity contribution is 5.79. The van der Waals surface area contributed by atoms with Gasteiger partial charge in [0, 0.05) is 18.2 Å². The number of H-pyrrole nitrogens is 1. The monoisotopic (exact) mass is 475 g/mol. The van der Waals surface area contributed by atoms with Gasteiger partial charge in [-0.2, -0.15) is 0 Å². The van der Waals surface area contributed by atoms with Crippen LogP contribution in [0.2, 0.25) is 0 Å². The van der Waals surface area contributed by atoms with Gasteiger partial charge >= 0.3 is 12.0 Å². The lowest BCUT2D eigenvalue weighted by molar-refractivity contribution is -0.138. The number of aliphatic carboxylic acids is 1. The number of rotatable bonds is 6. The molecule has 0 unspecified atom stereocenters. The minimum absolute atomic E-state index is 0.246. The van der Waals surface area contributed by atoms with Gasteiger partial charge in [0.2, 0.25) is 0 Å². The van der Waals surface area contributed by atoms with Crippen molar-refractivity contribution in [1.29, 1.82) is 0 Å². The van der Waals surface area contributed by atoms with Gasteiger partial charge in [-0.3, -0.25) is 4.79 Å². The number of imidazole rings is 1. The second-order valence-corrected chi connectivity index (χ2v) is 9.07. The fourth-order valence-electron chi connectivity index (χ4n) is 4.94. The summed E-state index contributed by atoms with van der Waals surface area (Å²) in [7, 11) is 0. The number of carbonyl (C=O) groups is 1. The molecule has 0 bridgehead atoms. The van der Waals surface area contributed by atoms with Crippen LogP contribution in [0.4, 0.5) is 11.7 Å². The van der Waals surface area contributed by atoms with Crippen molar-refractivity contribution in [2.24, 2.45) is 5.92 Å². The summed E-state index contributed by atoms with van der Waals surface area (Å²) in [5.41, 5.74) is 3.71. The Labute approximate surface area is 200 Å². The predicted octanol–water partition coefficient (Wildman–Crippen LogP) is 4.88. The molecule has 0 spiro atoms. The Hall–Kier alpha value is -4.08. The van der Waals surface area contributed by atoms with Crippen LogP contribution in [0.15, 0.2) is 40.8 Å². The van der Waals surface area contributed by atoms with Gasteiger partial charge in [0.15, 0.2) is 17.3 Å². The van der Waals surface area contributed by atoms with Crippen LogP contribution in [-0.4, -0.2) is 44.5 Å². The van der Waals surface area contributed by atoms with E-state index < -0.39 is 5.97 Å². The average molecular weight is 476 g/mol. The van der Waals surface area contributed by atoms with E-state index in [-0.39, 0.29) is 24.2 Å². The van der Waals surface area contributed by atoms with Crippen LogP contribution < -0.4 is 14.8 Å². The van der Waals surface area contributed by atoms with Crippen LogP contribution in [-0.2, 0) is 4.79 Å². The minimum Gasteiger partial charge on any atom is -0.486 e. The standard InChI is InChI=1S/C25H25N5O5/c31-22(32)11-14-1-3-15(4-2-14)16-5-7-18-19(12-16)28-23(27-18)24-29-30-25(35-24)26-17-6-8-20-21(13-17)34-10-9-33-20/h5-8,12-15H,1-4,9-11H2,(H,26,30)(H,27,28)(H,31,32). The number of aromatic nitrogens is 4. The van der Waals surface area contributed by atoms with Crippen molar-refractivity contribution in [2.45, 2.75) is 38.0 Å². The molecular formula is C25H25N5O5. The average Bonchev–Trinajstić information content (AvgIpc) is 3.50.